The maximum Gasteiger partial charge on any atom is 0.418 e. The van der Waals surface area contributed by atoms with E-state index in [4.69, 9.17) is 10.9 Å². The van der Waals surface area contributed by atoms with Crippen molar-refractivity contribution in [3.8, 4) is 11.1 Å². The van der Waals surface area contributed by atoms with Gasteiger partial charge in [-0.3, -0.25) is 0 Å². The average Bonchev–Trinajstić information content (AvgIpc) is 2.37. The van der Waals surface area contributed by atoms with Gasteiger partial charge in [0.05, 0.1) is 10.5 Å². The van der Waals surface area contributed by atoms with Crippen molar-refractivity contribution in [3.05, 3.63) is 48.0 Å². The summed E-state index contributed by atoms with van der Waals surface area (Å²) in [7, 11) is -4.05. The van der Waals surface area contributed by atoms with Crippen LogP contribution in [0.3, 0.4) is 0 Å². The maximum atomic E-state index is 12.9. The molecule has 0 saturated carbocycles. The molecule has 0 unspecified atom stereocenters. The molecule has 0 aliphatic carbocycles. The van der Waals surface area contributed by atoms with Crippen LogP contribution < -0.4 is 10.9 Å². The topological polar surface area (TPSA) is 86.2 Å². The van der Waals surface area contributed by atoms with Gasteiger partial charge in [0.15, 0.2) is 0 Å². The van der Waals surface area contributed by atoms with E-state index in [1.807, 2.05) is 0 Å². The van der Waals surface area contributed by atoms with Crippen LogP contribution in [0.1, 0.15) is 5.56 Å². The Morgan fingerprint density at radius 3 is 2.19 bits per heavy atom. The van der Waals surface area contributed by atoms with Crippen molar-refractivity contribution in [2.24, 2.45) is 5.14 Å². The van der Waals surface area contributed by atoms with Crippen LogP contribution in [0, 0.1) is 0 Å². The number of nitrogens with two attached hydrogens (primary N) is 2. The number of primary sulfonamides is 1. The second-order valence-corrected chi connectivity index (χ2v) is 5.87. The first-order valence-electron chi connectivity index (χ1n) is 5.69. The van der Waals surface area contributed by atoms with Gasteiger partial charge < -0.3 is 5.73 Å². The zero-order valence-corrected chi connectivity index (χ0v) is 11.4. The highest BCUT2D eigenvalue weighted by atomic mass is 32.2. The number of anilines is 1. The third-order valence-electron chi connectivity index (χ3n) is 2.86. The Morgan fingerprint density at radius 1 is 1.00 bits per heavy atom. The fraction of sp³-hybridized carbons (Fsp3) is 0.0769. The van der Waals surface area contributed by atoms with E-state index >= 15 is 0 Å². The van der Waals surface area contributed by atoms with Gasteiger partial charge in [-0.2, -0.15) is 13.2 Å². The van der Waals surface area contributed by atoms with Gasteiger partial charge in [0.25, 0.3) is 0 Å². The molecule has 0 aliphatic rings. The van der Waals surface area contributed by atoms with Crippen molar-refractivity contribution in [1.82, 2.24) is 0 Å². The molecule has 0 radical (unpaired) electrons. The largest absolute Gasteiger partial charge is 0.418 e. The molecule has 2 aromatic carbocycles. The van der Waals surface area contributed by atoms with Gasteiger partial charge in [-0.15, -0.1) is 0 Å². The quantitative estimate of drug-likeness (QED) is 0.835. The average molecular weight is 316 g/mol. The van der Waals surface area contributed by atoms with E-state index in [2.05, 4.69) is 0 Å². The molecule has 2 aromatic rings. The minimum absolute atomic E-state index is 0.0705. The Morgan fingerprint density at radius 2 is 1.62 bits per heavy atom. The summed E-state index contributed by atoms with van der Waals surface area (Å²) in [5.74, 6) is 0. The van der Waals surface area contributed by atoms with Crippen LogP contribution >= 0.6 is 0 Å². The van der Waals surface area contributed by atoms with E-state index < -0.39 is 27.5 Å². The molecule has 112 valence electrons. The van der Waals surface area contributed by atoms with Crippen molar-refractivity contribution >= 4 is 15.7 Å². The molecule has 0 aliphatic heterocycles. The third kappa shape index (κ3) is 3.17. The molecule has 21 heavy (non-hydrogen) atoms. The van der Waals surface area contributed by atoms with Gasteiger partial charge in [0.1, 0.15) is 0 Å². The Hall–Kier alpha value is -2.06. The number of benzene rings is 2. The summed E-state index contributed by atoms with van der Waals surface area (Å²) in [6.45, 7) is 0. The molecule has 0 spiro atoms. The van der Waals surface area contributed by atoms with Crippen LogP contribution in [0.25, 0.3) is 11.1 Å². The van der Waals surface area contributed by atoms with E-state index in [-0.39, 0.29) is 16.0 Å². The summed E-state index contributed by atoms with van der Waals surface area (Å²) in [5.41, 5.74) is 4.02. The van der Waals surface area contributed by atoms with Crippen LogP contribution in [-0.4, -0.2) is 8.42 Å². The summed E-state index contributed by atoms with van der Waals surface area (Å²) >= 11 is 0. The highest BCUT2D eigenvalue weighted by molar-refractivity contribution is 7.89. The summed E-state index contributed by atoms with van der Waals surface area (Å²) in [4.78, 5) is -0.247. The molecule has 4 N–H and O–H groups in total. The SMILES string of the molecule is Nc1ccc(-c2ccccc2S(N)(=O)=O)cc1C(F)(F)F. The molecule has 0 bridgehead atoms. The first kappa shape index (κ1) is 15.3. The van der Waals surface area contributed by atoms with Crippen LogP contribution in [0.2, 0.25) is 0 Å². The van der Waals surface area contributed by atoms with Crippen LogP contribution in [0.5, 0.6) is 0 Å². The van der Waals surface area contributed by atoms with Crippen molar-refractivity contribution in [2.75, 3.05) is 5.73 Å². The molecule has 0 saturated heterocycles. The fourth-order valence-electron chi connectivity index (χ4n) is 1.92. The van der Waals surface area contributed by atoms with Crippen LogP contribution in [0.4, 0.5) is 18.9 Å². The Kier molecular flexibility index (Phi) is 3.68. The standard InChI is InChI=1S/C13H11F3N2O2S/c14-13(15,16)10-7-8(5-6-11(10)17)9-3-1-2-4-12(9)21(18,19)20/h1-7H,17H2,(H2,18,19,20). The predicted octanol–water partition coefficient (Wildman–Crippen LogP) is 2.60. The second-order valence-electron chi connectivity index (χ2n) is 4.34. The second kappa shape index (κ2) is 5.05. The number of alkyl halides is 3. The van der Waals surface area contributed by atoms with Crippen molar-refractivity contribution in [2.45, 2.75) is 11.1 Å². The summed E-state index contributed by atoms with van der Waals surface area (Å²) < 4.78 is 61.6. The minimum atomic E-state index is -4.63. The van der Waals surface area contributed by atoms with E-state index in [0.717, 1.165) is 12.1 Å². The number of hydrogen-bond acceptors (Lipinski definition) is 3. The van der Waals surface area contributed by atoms with Crippen LogP contribution in [0.15, 0.2) is 47.4 Å². The molecule has 0 heterocycles. The lowest BCUT2D eigenvalue weighted by Gasteiger charge is -2.13. The Labute approximate surface area is 119 Å². The highest BCUT2D eigenvalue weighted by Gasteiger charge is 2.33. The van der Waals surface area contributed by atoms with E-state index in [1.54, 1.807) is 0 Å². The van der Waals surface area contributed by atoms with E-state index in [0.29, 0.717) is 0 Å². The molecular formula is C13H11F3N2O2S. The number of rotatable bonds is 2. The third-order valence-corrected chi connectivity index (χ3v) is 3.83. The van der Waals surface area contributed by atoms with Gasteiger partial charge >= 0.3 is 6.18 Å². The molecule has 2 rings (SSSR count). The lowest BCUT2D eigenvalue weighted by molar-refractivity contribution is -0.136. The van der Waals surface area contributed by atoms with Crippen LogP contribution in [-0.2, 0) is 16.2 Å². The first-order valence-corrected chi connectivity index (χ1v) is 7.24. The van der Waals surface area contributed by atoms with Gasteiger partial charge in [-0.05, 0) is 23.8 Å². The predicted molar refractivity (Wildman–Crippen MR) is 72.7 cm³/mol. The van der Waals surface area contributed by atoms with Gasteiger partial charge in [-0.1, -0.05) is 24.3 Å². The monoisotopic (exact) mass is 316 g/mol. The number of nitrogen functional groups attached to an aromatic ring is 1. The van der Waals surface area contributed by atoms with Gasteiger partial charge in [0, 0.05) is 11.3 Å². The normalized spacial score (nSPS) is 12.4. The highest BCUT2D eigenvalue weighted by Crippen LogP contribution is 2.37. The Bertz CT molecular complexity index is 786. The molecule has 4 nitrogen and oxygen atoms in total. The lowest BCUT2D eigenvalue weighted by atomic mass is 10.0. The summed E-state index contributed by atoms with van der Waals surface area (Å²) in [6.07, 6.45) is -4.63. The molecule has 0 fully saturated rings. The number of halogens is 3. The van der Waals surface area contributed by atoms with E-state index in [9.17, 15) is 21.6 Å². The Balaban J connectivity index is 2.70. The lowest BCUT2D eigenvalue weighted by Crippen LogP contribution is -2.13. The summed E-state index contributed by atoms with van der Waals surface area (Å²) in [5, 5.41) is 5.07. The molecule has 0 aromatic heterocycles. The van der Waals surface area contributed by atoms with Gasteiger partial charge in [-0.25, -0.2) is 13.6 Å². The zero-order valence-electron chi connectivity index (χ0n) is 10.6. The number of sulfonamides is 1. The molecule has 0 atom stereocenters. The first-order chi connectivity index (χ1) is 9.60. The van der Waals surface area contributed by atoms with Gasteiger partial charge in [0.2, 0.25) is 10.0 Å². The molecule has 0 amide bonds. The summed E-state index contributed by atoms with van der Waals surface area (Å²) in [6, 6.07) is 8.75. The number of hydrogen-bond donors (Lipinski definition) is 2. The molecule has 8 heteroatoms. The van der Waals surface area contributed by atoms with E-state index in [1.165, 1.54) is 30.3 Å². The van der Waals surface area contributed by atoms with Crippen molar-refractivity contribution < 1.29 is 21.6 Å². The van der Waals surface area contributed by atoms with Crippen molar-refractivity contribution in [1.29, 1.82) is 0 Å². The zero-order chi connectivity index (χ0) is 15.8. The van der Waals surface area contributed by atoms with Crippen molar-refractivity contribution in [3.63, 3.8) is 0 Å². The smallest absolute Gasteiger partial charge is 0.398 e. The maximum absolute atomic E-state index is 12.9. The minimum Gasteiger partial charge on any atom is -0.398 e. The fourth-order valence-corrected chi connectivity index (χ4v) is 2.68. The molecular weight excluding hydrogens is 305 g/mol.